The van der Waals surface area contributed by atoms with Crippen LogP contribution in [0.1, 0.15) is 11.5 Å². The minimum absolute atomic E-state index is 0.0489. The molecule has 0 amide bonds. The molecule has 1 aromatic carbocycles. The summed E-state index contributed by atoms with van der Waals surface area (Å²) in [5.41, 5.74) is 2.48. The number of hydrogen-bond acceptors (Lipinski definition) is 4. The Kier molecular flexibility index (Phi) is 4.25. The van der Waals surface area contributed by atoms with E-state index in [0.29, 0.717) is 11.5 Å². The number of aryl methyl sites for hydroxylation is 2. The maximum Gasteiger partial charge on any atom is 0.262 e. The van der Waals surface area contributed by atoms with Crippen LogP contribution in [0, 0.1) is 6.92 Å². The van der Waals surface area contributed by atoms with Crippen LogP contribution in [0.15, 0.2) is 47.6 Å². The molecule has 0 atom stereocenters. The Morgan fingerprint density at radius 1 is 1.25 bits per heavy atom. The van der Waals surface area contributed by atoms with E-state index in [-0.39, 0.29) is 11.6 Å². The van der Waals surface area contributed by atoms with Gasteiger partial charge in [-0.2, -0.15) is 9.40 Å². The Morgan fingerprint density at radius 3 is 2.58 bits per heavy atom. The molecule has 2 heterocycles. The van der Waals surface area contributed by atoms with Gasteiger partial charge in [-0.25, -0.2) is 13.4 Å². The third kappa shape index (κ3) is 3.10. The minimum Gasteiger partial charge on any atom is -0.337 e. The smallest absolute Gasteiger partial charge is 0.262 e. The highest BCUT2D eigenvalue weighted by Gasteiger charge is 2.24. The van der Waals surface area contributed by atoms with Gasteiger partial charge in [0.2, 0.25) is 0 Å². The zero-order valence-corrected chi connectivity index (χ0v) is 14.6. The zero-order valence-electron chi connectivity index (χ0n) is 13.8. The summed E-state index contributed by atoms with van der Waals surface area (Å²) in [5.74, 6) is 0.648. The Hall–Kier alpha value is -2.45. The molecule has 7 nitrogen and oxygen atoms in total. The molecule has 1 N–H and O–H groups in total. The number of aromatic amines is 1. The second-order valence-corrected chi connectivity index (χ2v) is 7.63. The third-order valence-electron chi connectivity index (χ3n) is 3.85. The Morgan fingerprint density at radius 2 is 1.96 bits per heavy atom. The highest BCUT2D eigenvalue weighted by molar-refractivity contribution is 7.89. The highest BCUT2D eigenvalue weighted by atomic mass is 32.2. The molecular formula is C16H19N5O2S. The number of imidazole rings is 1. The first-order valence-electron chi connectivity index (χ1n) is 7.44. The molecule has 0 spiro atoms. The van der Waals surface area contributed by atoms with E-state index in [1.165, 1.54) is 17.5 Å². The summed E-state index contributed by atoms with van der Waals surface area (Å²) in [7, 11) is -0.344. The molecule has 3 rings (SSSR count). The monoisotopic (exact) mass is 345 g/mol. The van der Waals surface area contributed by atoms with Crippen LogP contribution in [0.2, 0.25) is 0 Å². The molecule has 24 heavy (non-hydrogen) atoms. The predicted molar refractivity (Wildman–Crippen MR) is 90.6 cm³/mol. The van der Waals surface area contributed by atoms with Gasteiger partial charge in [-0.1, -0.05) is 30.3 Å². The SMILES string of the molecule is Cc1nc(S(=O)(=O)N(C)Cc2cc(-c3ccccc3)n[nH]2)cn1C. The number of benzene rings is 1. The van der Waals surface area contributed by atoms with Crippen LogP contribution in [-0.4, -0.2) is 39.5 Å². The second-order valence-electron chi connectivity index (χ2n) is 5.64. The van der Waals surface area contributed by atoms with Gasteiger partial charge in [-0.05, 0) is 13.0 Å². The van der Waals surface area contributed by atoms with Crippen molar-refractivity contribution < 1.29 is 8.42 Å². The maximum atomic E-state index is 12.6. The fraction of sp³-hybridized carbons (Fsp3) is 0.250. The van der Waals surface area contributed by atoms with Gasteiger partial charge in [0.15, 0.2) is 5.03 Å². The first-order valence-corrected chi connectivity index (χ1v) is 8.88. The lowest BCUT2D eigenvalue weighted by atomic mass is 10.1. The van der Waals surface area contributed by atoms with E-state index in [1.54, 1.807) is 18.5 Å². The zero-order chi connectivity index (χ0) is 17.3. The third-order valence-corrected chi connectivity index (χ3v) is 5.53. The Bertz CT molecular complexity index is 925. The second kappa shape index (κ2) is 6.21. The van der Waals surface area contributed by atoms with Crippen LogP contribution >= 0.6 is 0 Å². The molecule has 0 saturated carbocycles. The molecule has 0 aliphatic carbocycles. The van der Waals surface area contributed by atoms with Crippen LogP contribution in [0.25, 0.3) is 11.3 Å². The summed E-state index contributed by atoms with van der Waals surface area (Å²) >= 11 is 0. The molecule has 2 aromatic heterocycles. The molecule has 0 saturated heterocycles. The van der Waals surface area contributed by atoms with E-state index >= 15 is 0 Å². The number of rotatable bonds is 5. The first kappa shape index (κ1) is 16.4. The molecule has 0 unspecified atom stereocenters. The van der Waals surface area contributed by atoms with Gasteiger partial charge in [0.25, 0.3) is 10.0 Å². The molecule has 0 aliphatic rings. The molecule has 3 aromatic rings. The Balaban J connectivity index is 1.80. The fourth-order valence-corrected chi connectivity index (χ4v) is 3.50. The number of aromatic nitrogens is 4. The topological polar surface area (TPSA) is 83.9 Å². The summed E-state index contributed by atoms with van der Waals surface area (Å²) < 4.78 is 28.1. The van der Waals surface area contributed by atoms with Crippen molar-refractivity contribution >= 4 is 10.0 Å². The van der Waals surface area contributed by atoms with E-state index < -0.39 is 10.0 Å². The number of sulfonamides is 1. The first-order chi connectivity index (χ1) is 11.4. The lowest BCUT2D eigenvalue weighted by Gasteiger charge is -2.14. The summed E-state index contributed by atoms with van der Waals surface area (Å²) in [5, 5.41) is 7.19. The van der Waals surface area contributed by atoms with Crippen LogP contribution in [-0.2, 0) is 23.6 Å². The highest BCUT2D eigenvalue weighted by Crippen LogP contribution is 2.19. The van der Waals surface area contributed by atoms with Crippen molar-refractivity contribution in [2.45, 2.75) is 18.5 Å². The average Bonchev–Trinajstić information content (AvgIpc) is 3.16. The van der Waals surface area contributed by atoms with Gasteiger partial charge >= 0.3 is 0 Å². The van der Waals surface area contributed by atoms with Gasteiger partial charge in [-0.15, -0.1) is 0 Å². The summed E-state index contributed by atoms with van der Waals surface area (Å²) in [6, 6.07) is 11.6. The van der Waals surface area contributed by atoms with Gasteiger partial charge in [0.05, 0.1) is 17.9 Å². The van der Waals surface area contributed by atoms with Crippen LogP contribution < -0.4 is 0 Å². The largest absolute Gasteiger partial charge is 0.337 e. The van der Waals surface area contributed by atoms with Gasteiger partial charge in [0.1, 0.15) is 5.82 Å². The minimum atomic E-state index is -3.64. The van der Waals surface area contributed by atoms with Crippen molar-refractivity contribution in [1.29, 1.82) is 0 Å². The van der Waals surface area contributed by atoms with E-state index in [9.17, 15) is 8.42 Å². The number of H-pyrrole nitrogens is 1. The van der Waals surface area contributed by atoms with E-state index in [1.807, 2.05) is 36.4 Å². The number of hydrogen-bond donors (Lipinski definition) is 1. The lowest BCUT2D eigenvalue weighted by Crippen LogP contribution is -2.27. The van der Waals surface area contributed by atoms with Crippen molar-refractivity contribution in [3.63, 3.8) is 0 Å². The normalized spacial score (nSPS) is 12.0. The molecule has 0 aliphatic heterocycles. The van der Waals surface area contributed by atoms with Gasteiger partial charge < -0.3 is 4.57 Å². The van der Waals surface area contributed by atoms with Crippen LogP contribution in [0.3, 0.4) is 0 Å². The lowest BCUT2D eigenvalue weighted by molar-refractivity contribution is 0.459. The average molecular weight is 345 g/mol. The fourth-order valence-electron chi connectivity index (χ4n) is 2.33. The van der Waals surface area contributed by atoms with Crippen molar-refractivity contribution in [1.82, 2.24) is 24.1 Å². The predicted octanol–water partition coefficient (Wildman–Crippen LogP) is 1.94. The summed E-state index contributed by atoms with van der Waals surface area (Å²) in [6.45, 7) is 1.96. The molecule has 8 heteroatoms. The van der Waals surface area contributed by atoms with Crippen molar-refractivity contribution in [2.24, 2.45) is 7.05 Å². The quantitative estimate of drug-likeness (QED) is 0.766. The summed E-state index contributed by atoms with van der Waals surface area (Å²) in [4.78, 5) is 4.10. The summed E-state index contributed by atoms with van der Waals surface area (Å²) in [6.07, 6.45) is 1.52. The van der Waals surface area contributed by atoms with Gasteiger partial charge in [0, 0.05) is 25.9 Å². The number of nitrogens with one attached hydrogen (secondary N) is 1. The molecule has 126 valence electrons. The molecule has 0 radical (unpaired) electrons. The molecular weight excluding hydrogens is 326 g/mol. The van der Waals surface area contributed by atoms with Crippen molar-refractivity contribution in [3.05, 3.63) is 54.1 Å². The van der Waals surface area contributed by atoms with Crippen LogP contribution in [0.4, 0.5) is 0 Å². The maximum absolute atomic E-state index is 12.6. The number of nitrogens with zero attached hydrogens (tertiary/aromatic N) is 4. The van der Waals surface area contributed by atoms with E-state index in [2.05, 4.69) is 15.2 Å². The van der Waals surface area contributed by atoms with E-state index in [0.717, 1.165) is 11.3 Å². The van der Waals surface area contributed by atoms with Crippen molar-refractivity contribution in [2.75, 3.05) is 7.05 Å². The molecule has 0 bridgehead atoms. The molecule has 0 fully saturated rings. The van der Waals surface area contributed by atoms with Crippen molar-refractivity contribution in [3.8, 4) is 11.3 Å². The Labute approximate surface area is 141 Å². The van der Waals surface area contributed by atoms with Gasteiger partial charge in [-0.3, -0.25) is 5.10 Å². The van der Waals surface area contributed by atoms with Crippen LogP contribution in [0.5, 0.6) is 0 Å². The standard InChI is InChI=1S/C16H19N5O2S/c1-12-17-16(11-20(12)2)24(22,23)21(3)10-14-9-15(19-18-14)13-7-5-4-6-8-13/h4-9,11H,10H2,1-3H3,(H,18,19). The van der Waals surface area contributed by atoms with E-state index in [4.69, 9.17) is 0 Å².